The summed E-state index contributed by atoms with van der Waals surface area (Å²) in [7, 11) is 0. The van der Waals surface area contributed by atoms with Crippen LogP contribution in [0.4, 0.5) is 0 Å². The van der Waals surface area contributed by atoms with Crippen LogP contribution < -0.4 is 0 Å². The molecule has 29 heavy (non-hydrogen) atoms. The number of imide groups is 1. The Kier molecular flexibility index (Phi) is 5.67. The maximum absolute atomic E-state index is 12.8. The maximum atomic E-state index is 12.8. The van der Waals surface area contributed by atoms with Crippen molar-refractivity contribution in [2.75, 3.05) is 26.2 Å². The molecule has 0 spiro atoms. The molecule has 1 aromatic heterocycles. The van der Waals surface area contributed by atoms with Gasteiger partial charge in [-0.15, -0.1) is 0 Å². The molecule has 1 aromatic carbocycles. The molecule has 0 N–H and O–H groups in total. The van der Waals surface area contributed by atoms with Gasteiger partial charge in [0.05, 0.1) is 6.54 Å². The Morgan fingerprint density at radius 3 is 2.00 bits per heavy atom. The number of benzene rings is 1. The van der Waals surface area contributed by atoms with Gasteiger partial charge < -0.3 is 4.90 Å². The number of carbonyl (C=O) groups excluding carboxylic acids is 3. The van der Waals surface area contributed by atoms with E-state index >= 15 is 0 Å². The number of hydrogen-bond acceptors (Lipinski definition) is 5. The Hall–Kier alpha value is -3.06. The van der Waals surface area contributed by atoms with Crippen molar-refractivity contribution in [2.24, 2.45) is 0 Å². The zero-order valence-corrected chi connectivity index (χ0v) is 16.3. The monoisotopic (exact) mass is 392 g/mol. The fourth-order valence-electron chi connectivity index (χ4n) is 3.77. The number of pyridine rings is 1. The van der Waals surface area contributed by atoms with E-state index < -0.39 is 0 Å². The molecular weight excluding hydrogens is 368 g/mol. The fourth-order valence-corrected chi connectivity index (χ4v) is 3.77. The number of carbonyl (C=O) groups is 3. The molecule has 0 saturated carbocycles. The van der Waals surface area contributed by atoms with Gasteiger partial charge >= 0.3 is 0 Å². The second-order valence-electron chi connectivity index (χ2n) is 7.49. The molecule has 2 aromatic rings. The van der Waals surface area contributed by atoms with Crippen LogP contribution in [0.2, 0.25) is 0 Å². The number of aromatic nitrogens is 1. The first-order valence-corrected chi connectivity index (χ1v) is 9.93. The molecule has 0 unspecified atom stereocenters. The van der Waals surface area contributed by atoms with Gasteiger partial charge in [-0.05, 0) is 35.4 Å². The maximum Gasteiger partial charge on any atom is 0.253 e. The molecule has 7 heteroatoms. The van der Waals surface area contributed by atoms with Gasteiger partial charge in [0.15, 0.2) is 0 Å². The highest BCUT2D eigenvalue weighted by Crippen LogP contribution is 2.17. The second kappa shape index (κ2) is 8.53. The highest BCUT2D eigenvalue weighted by atomic mass is 16.2. The van der Waals surface area contributed by atoms with Crippen molar-refractivity contribution >= 4 is 17.7 Å². The second-order valence-corrected chi connectivity index (χ2v) is 7.49. The smallest absolute Gasteiger partial charge is 0.253 e. The van der Waals surface area contributed by atoms with E-state index in [1.54, 1.807) is 24.5 Å². The lowest BCUT2D eigenvalue weighted by Crippen LogP contribution is -2.48. The van der Waals surface area contributed by atoms with Gasteiger partial charge in [-0.25, -0.2) is 0 Å². The highest BCUT2D eigenvalue weighted by Gasteiger charge is 2.28. The standard InChI is InChI=1S/C22H24N4O3/c27-20-5-6-21(28)26(20)16-17-1-3-19(4-2-17)22(29)25-13-11-24(12-14-25)15-18-7-9-23-10-8-18/h1-4,7-10H,5-6,11-16H2. The highest BCUT2D eigenvalue weighted by molar-refractivity contribution is 6.01. The van der Waals surface area contributed by atoms with Gasteiger partial charge in [0, 0.05) is 63.5 Å². The molecule has 7 nitrogen and oxygen atoms in total. The normalized spacial score (nSPS) is 17.8. The molecule has 0 bridgehead atoms. The third kappa shape index (κ3) is 4.51. The van der Waals surface area contributed by atoms with E-state index in [4.69, 9.17) is 0 Å². The average Bonchev–Trinajstić information content (AvgIpc) is 3.07. The minimum Gasteiger partial charge on any atom is -0.336 e. The lowest BCUT2D eigenvalue weighted by Gasteiger charge is -2.34. The van der Waals surface area contributed by atoms with Gasteiger partial charge in [0.1, 0.15) is 0 Å². The van der Waals surface area contributed by atoms with E-state index in [0.717, 1.165) is 25.2 Å². The first-order chi connectivity index (χ1) is 14.1. The summed E-state index contributed by atoms with van der Waals surface area (Å²) in [5, 5.41) is 0. The third-order valence-electron chi connectivity index (χ3n) is 5.51. The molecule has 150 valence electrons. The molecule has 2 aliphatic rings. The SMILES string of the molecule is O=C(c1ccc(CN2C(=O)CCC2=O)cc1)N1CCN(Cc2ccncc2)CC1. The van der Waals surface area contributed by atoms with Crippen LogP contribution in [0.3, 0.4) is 0 Å². The summed E-state index contributed by atoms with van der Waals surface area (Å²) in [4.78, 5) is 45.9. The number of likely N-dealkylation sites (tertiary alicyclic amines) is 1. The fraction of sp³-hybridized carbons (Fsp3) is 0.364. The van der Waals surface area contributed by atoms with Crippen LogP contribution in [0.15, 0.2) is 48.8 Å². The van der Waals surface area contributed by atoms with Crippen molar-refractivity contribution < 1.29 is 14.4 Å². The van der Waals surface area contributed by atoms with Crippen LogP contribution in [0.5, 0.6) is 0 Å². The average molecular weight is 392 g/mol. The summed E-state index contributed by atoms with van der Waals surface area (Å²) < 4.78 is 0. The predicted octanol–water partition coefficient (Wildman–Crippen LogP) is 1.69. The Morgan fingerprint density at radius 2 is 1.38 bits per heavy atom. The van der Waals surface area contributed by atoms with Gasteiger partial charge in [-0.2, -0.15) is 0 Å². The molecule has 2 saturated heterocycles. The third-order valence-corrected chi connectivity index (χ3v) is 5.51. The van der Waals surface area contributed by atoms with E-state index in [0.29, 0.717) is 31.5 Å². The number of amides is 3. The van der Waals surface area contributed by atoms with Crippen molar-refractivity contribution in [3.63, 3.8) is 0 Å². The summed E-state index contributed by atoms with van der Waals surface area (Å²) in [5.74, 6) is -0.229. The Bertz CT molecular complexity index is 874. The number of piperazine rings is 1. The number of nitrogens with zero attached hydrogens (tertiary/aromatic N) is 4. The summed E-state index contributed by atoms with van der Waals surface area (Å²) in [5.41, 5.74) is 2.72. The molecule has 0 atom stereocenters. The Balaban J connectivity index is 1.31. The number of rotatable bonds is 5. The molecule has 3 amide bonds. The van der Waals surface area contributed by atoms with Crippen LogP contribution in [0.1, 0.15) is 34.3 Å². The van der Waals surface area contributed by atoms with Gasteiger partial charge in [-0.1, -0.05) is 12.1 Å². The van der Waals surface area contributed by atoms with Gasteiger partial charge in [-0.3, -0.25) is 29.2 Å². The van der Waals surface area contributed by atoms with Crippen molar-refractivity contribution in [3.05, 3.63) is 65.5 Å². The molecule has 0 radical (unpaired) electrons. The Morgan fingerprint density at radius 1 is 0.793 bits per heavy atom. The molecular formula is C22H24N4O3. The quantitative estimate of drug-likeness (QED) is 0.724. The van der Waals surface area contributed by atoms with Gasteiger partial charge in [0.2, 0.25) is 11.8 Å². The van der Waals surface area contributed by atoms with Crippen molar-refractivity contribution in [2.45, 2.75) is 25.9 Å². The topological polar surface area (TPSA) is 73.8 Å². The van der Waals surface area contributed by atoms with Gasteiger partial charge in [0.25, 0.3) is 5.91 Å². The summed E-state index contributed by atoms with van der Waals surface area (Å²) >= 11 is 0. The minimum absolute atomic E-state index is 0.0217. The first kappa shape index (κ1) is 19.3. The van der Waals surface area contributed by atoms with Crippen LogP contribution >= 0.6 is 0 Å². The van der Waals surface area contributed by atoms with Crippen LogP contribution in [-0.4, -0.2) is 63.6 Å². The predicted molar refractivity (Wildman–Crippen MR) is 107 cm³/mol. The minimum atomic E-state index is -0.125. The van der Waals surface area contributed by atoms with E-state index in [1.807, 2.05) is 29.2 Å². The molecule has 0 aliphatic carbocycles. The lowest BCUT2D eigenvalue weighted by molar-refractivity contribution is -0.139. The van der Waals surface area contributed by atoms with Crippen molar-refractivity contribution in [3.8, 4) is 0 Å². The van der Waals surface area contributed by atoms with Crippen LogP contribution in [-0.2, 0) is 22.7 Å². The number of hydrogen-bond donors (Lipinski definition) is 0. The van der Waals surface area contributed by atoms with E-state index in [-0.39, 0.29) is 24.3 Å². The summed E-state index contributed by atoms with van der Waals surface area (Å²) in [6.07, 6.45) is 4.19. The van der Waals surface area contributed by atoms with E-state index in [1.165, 1.54) is 10.5 Å². The van der Waals surface area contributed by atoms with E-state index in [2.05, 4.69) is 9.88 Å². The molecule has 3 heterocycles. The first-order valence-electron chi connectivity index (χ1n) is 9.93. The molecule has 2 aliphatic heterocycles. The zero-order valence-electron chi connectivity index (χ0n) is 16.3. The van der Waals surface area contributed by atoms with E-state index in [9.17, 15) is 14.4 Å². The summed E-state index contributed by atoms with van der Waals surface area (Å²) in [6, 6.07) is 11.3. The van der Waals surface area contributed by atoms with Crippen molar-refractivity contribution in [1.29, 1.82) is 0 Å². The zero-order chi connectivity index (χ0) is 20.2. The largest absolute Gasteiger partial charge is 0.336 e. The Labute approximate surface area is 169 Å². The molecule has 2 fully saturated rings. The summed E-state index contributed by atoms with van der Waals surface area (Å²) in [6.45, 7) is 4.22. The lowest BCUT2D eigenvalue weighted by atomic mass is 10.1. The van der Waals surface area contributed by atoms with Crippen LogP contribution in [0, 0.1) is 0 Å². The van der Waals surface area contributed by atoms with Crippen molar-refractivity contribution in [1.82, 2.24) is 19.7 Å². The molecule has 4 rings (SSSR count). The van der Waals surface area contributed by atoms with Crippen LogP contribution in [0.25, 0.3) is 0 Å².